The molecular formula is C6H3Cl5F6O. The molecular weight excluding hydrogens is 379 g/mol. The Labute approximate surface area is 122 Å². The normalized spacial score (nSPS) is 21.3. The summed E-state index contributed by atoms with van der Waals surface area (Å²) in [5, 5.41) is -8.61. The fourth-order valence-electron chi connectivity index (χ4n) is 0.538. The summed E-state index contributed by atoms with van der Waals surface area (Å²) in [4.78, 5) is 0. The molecule has 0 bridgehead atoms. The van der Waals surface area contributed by atoms with E-state index in [0.29, 0.717) is 0 Å². The molecule has 0 aromatic rings. The third-order valence-electron chi connectivity index (χ3n) is 1.50. The van der Waals surface area contributed by atoms with Gasteiger partial charge in [-0.2, -0.15) is 22.0 Å². The molecule has 12 heteroatoms. The van der Waals surface area contributed by atoms with Crippen LogP contribution in [0.5, 0.6) is 0 Å². The molecule has 0 aromatic carbocycles. The Hall–Kier alpha value is 0.990. The summed E-state index contributed by atoms with van der Waals surface area (Å²) in [7, 11) is 0. The van der Waals surface area contributed by atoms with Crippen LogP contribution in [-0.4, -0.2) is 26.3 Å². The molecule has 0 heterocycles. The maximum absolute atomic E-state index is 13.2. The van der Waals surface area contributed by atoms with E-state index in [1.807, 2.05) is 0 Å². The van der Waals surface area contributed by atoms with Gasteiger partial charge in [-0.15, -0.1) is 0 Å². The van der Waals surface area contributed by atoms with Crippen molar-refractivity contribution in [3.8, 4) is 0 Å². The van der Waals surface area contributed by atoms with Gasteiger partial charge in [0.05, 0.1) is 0 Å². The second kappa shape index (κ2) is 5.07. The Morgan fingerprint density at radius 2 is 1.11 bits per heavy atom. The molecule has 0 aliphatic rings. The van der Waals surface area contributed by atoms with Gasteiger partial charge in [-0.25, -0.2) is 4.39 Å². The average molecular weight is 382 g/mol. The molecule has 0 aliphatic heterocycles. The van der Waals surface area contributed by atoms with Crippen LogP contribution in [0.4, 0.5) is 26.3 Å². The van der Waals surface area contributed by atoms with Crippen LogP contribution in [0.15, 0.2) is 0 Å². The summed E-state index contributed by atoms with van der Waals surface area (Å²) >= 11 is 23.4. The van der Waals surface area contributed by atoms with Gasteiger partial charge in [-0.05, 0) is 18.5 Å². The summed E-state index contributed by atoms with van der Waals surface area (Å²) in [6.07, 6.45) is -5.78. The minimum absolute atomic E-state index is 0.102. The van der Waals surface area contributed by atoms with Gasteiger partial charge in [-0.1, -0.05) is 46.4 Å². The van der Waals surface area contributed by atoms with Crippen LogP contribution in [0.2, 0.25) is 0 Å². The first-order valence-corrected chi connectivity index (χ1v) is 5.63. The first kappa shape index (κ1) is 19.0. The van der Waals surface area contributed by atoms with E-state index in [1.54, 1.807) is 0 Å². The quantitative estimate of drug-likeness (QED) is 0.468. The zero-order valence-corrected chi connectivity index (χ0v) is 11.8. The Bertz CT molecular complexity index is 309. The second-order valence-corrected chi connectivity index (χ2v) is 6.57. The van der Waals surface area contributed by atoms with Gasteiger partial charge in [-0.3, -0.25) is 4.74 Å². The molecule has 110 valence electrons. The predicted molar refractivity (Wildman–Crippen MR) is 56.3 cm³/mol. The molecule has 0 fully saturated rings. The zero-order chi connectivity index (χ0) is 15.2. The van der Waals surface area contributed by atoms with E-state index in [1.165, 1.54) is 0 Å². The fraction of sp³-hybridized carbons (Fsp3) is 1.00. The van der Waals surface area contributed by atoms with Crippen molar-refractivity contribution in [2.75, 3.05) is 0 Å². The highest BCUT2D eigenvalue weighted by Crippen LogP contribution is 2.53. The van der Waals surface area contributed by atoms with Crippen molar-refractivity contribution >= 4 is 58.0 Å². The molecule has 0 N–H and O–H groups in total. The second-order valence-electron chi connectivity index (χ2n) is 3.10. The van der Waals surface area contributed by atoms with Gasteiger partial charge in [0.2, 0.25) is 0 Å². The maximum Gasteiger partial charge on any atom is 0.427 e. The molecule has 0 radical (unpaired) electrons. The van der Waals surface area contributed by atoms with E-state index in [-0.39, 0.29) is 6.92 Å². The van der Waals surface area contributed by atoms with Crippen LogP contribution < -0.4 is 0 Å². The summed E-state index contributed by atoms with van der Waals surface area (Å²) < 4.78 is 77.1. The van der Waals surface area contributed by atoms with Crippen LogP contribution in [0, 0.1) is 0 Å². The standard InChI is InChI=1S/C6H3Cl5F6O/c1-2(7,12)3(13,14)6(16,17)18-5(11,15)4(8,9)10/h1H3. The average Bonchev–Trinajstić information content (AvgIpc) is 1.96. The molecule has 0 aliphatic carbocycles. The molecule has 0 spiro atoms. The molecule has 18 heavy (non-hydrogen) atoms. The van der Waals surface area contributed by atoms with Gasteiger partial charge < -0.3 is 0 Å². The highest BCUT2D eigenvalue weighted by molar-refractivity contribution is 6.70. The van der Waals surface area contributed by atoms with Crippen LogP contribution >= 0.6 is 58.0 Å². The molecule has 0 amide bonds. The number of hydrogen-bond donors (Lipinski definition) is 0. The van der Waals surface area contributed by atoms with E-state index in [9.17, 15) is 26.3 Å². The Morgan fingerprint density at radius 3 is 1.33 bits per heavy atom. The van der Waals surface area contributed by atoms with Crippen molar-refractivity contribution in [1.82, 2.24) is 0 Å². The lowest BCUT2D eigenvalue weighted by Crippen LogP contribution is -2.57. The summed E-state index contributed by atoms with van der Waals surface area (Å²) in [5.41, 5.74) is 0. The van der Waals surface area contributed by atoms with E-state index < -0.39 is 26.3 Å². The van der Waals surface area contributed by atoms with Crippen molar-refractivity contribution in [3.63, 3.8) is 0 Å². The van der Waals surface area contributed by atoms with Crippen LogP contribution in [0.1, 0.15) is 6.92 Å². The summed E-state index contributed by atoms with van der Waals surface area (Å²) in [6, 6.07) is 0. The Kier molecular flexibility index (Phi) is 5.35. The van der Waals surface area contributed by atoms with Gasteiger partial charge >= 0.3 is 17.3 Å². The largest absolute Gasteiger partial charge is 0.427 e. The van der Waals surface area contributed by atoms with Crippen molar-refractivity contribution < 1.29 is 31.1 Å². The molecule has 0 aromatic heterocycles. The topological polar surface area (TPSA) is 9.23 Å². The first-order valence-electron chi connectivity index (χ1n) is 3.74. The minimum atomic E-state index is -5.78. The van der Waals surface area contributed by atoms with Crippen molar-refractivity contribution in [1.29, 1.82) is 0 Å². The Morgan fingerprint density at radius 1 is 0.778 bits per heavy atom. The van der Waals surface area contributed by atoms with Crippen LogP contribution in [0.3, 0.4) is 0 Å². The van der Waals surface area contributed by atoms with Gasteiger partial charge in [0.1, 0.15) is 0 Å². The Balaban J connectivity index is 5.33. The summed E-state index contributed by atoms with van der Waals surface area (Å²) in [5.74, 6) is -5.65. The van der Waals surface area contributed by atoms with Crippen molar-refractivity contribution in [2.45, 2.75) is 33.2 Å². The van der Waals surface area contributed by atoms with E-state index in [4.69, 9.17) is 34.8 Å². The number of alkyl halides is 11. The number of hydrogen-bond acceptors (Lipinski definition) is 1. The highest BCUT2D eigenvalue weighted by Gasteiger charge is 2.73. The van der Waals surface area contributed by atoms with Crippen molar-refractivity contribution in [3.05, 3.63) is 0 Å². The monoisotopic (exact) mass is 380 g/mol. The van der Waals surface area contributed by atoms with E-state index in [2.05, 4.69) is 27.9 Å². The van der Waals surface area contributed by atoms with Gasteiger partial charge in [0, 0.05) is 0 Å². The van der Waals surface area contributed by atoms with E-state index >= 15 is 0 Å². The van der Waals surface area contributed by atoms with Crippen LogP contribution in [-0.2, 0) is 4.74 Å². The van der Waals surface area contributed by atoms with E-state index in [0.717, 1.165) is 0 Å². The lowest BCUT2D eigenvalue weighted by Gasteiger charge is -2.35. The smallest absolute Gasteiger partial charge is 0.261 e. The SMILES string of the molecule is CC(F)(Cl)C(F)(F)C(F)(F)OC(F)(Cl)C(Cl)(Cl)Cl. The molecule has 0 rings (SSSR count). The van der Waals surface area contributed by atoms with Crippen LogP contribution in [0.25, 0.3) is 0 Å². The molecule has 0 saturated carbocycles. The zero-order valence-electron chi connectivity index (χ0n) is 8.07. The third kappa shape index (κ3) is 3.76. The maximum atomic E-state index is 13.2. The predicted octanol–water partition coefficient (Wildman–Crippen LogP) is 5.39. The molecule has 1 nitrogen and oxygen atoms in total. The first-order chi connectivity index (χ1) is 7.46. The number of halogens is 11. The van der Waals surface area contributed by atoms with Gasteiger partial charge in [0.15, 0.2) is 0 Å². The molecule has 2 unspecified atom stereocenters. The lowest BCUT2D eigenvalue weighted by atomic mass is 10.2. The minimum Gasteiger partial charge on any atom is -0.261 e. The number of ether oxygens (including phenoxy) is 1. The van der Waals surface area contributed by atoms with Gasteiger partial charge in [0.25, 0.3) is 8.92 Å². The fourth-order valence-corrected chi connectivity index (χ4v) is 0.861. The third-order valence-corrected chi connectivity index (χ3v) is 3.12. The summed E-state index contributed by atoms with van der Waals surface area (Å²) in [6.45, 7) is -0.102. The lowest BCUT2D eigenvalue weighted by molar-refractivity contribution is -0.399. The highest BCUT2D eigenvalue weighted by atomic mass is 35.6. The van der Waals surface area contributed by atoms with Crippen molar-refractivity contribution in [2.24, 2.45) is 0 Å². The number of rotatable bonds is 4. The molecule has 2 atom stereocenters. The molecule has 0 saturated heterocycles.